The predicted molar refractivity (Wildman–Crippen MR) is 125 cm³/mol. The average Bonchev–Trinajstić information content (AvgIpc) is 3.08. The number of aromatic nitrogens is 2. The van der Waals surface area contributed by atoms with E-state index in [9.17, 15) is 9.59 Å². The molecule has 9 heteroatoms. The largest absolute Gasteiger partial charge is 0.496 e. The van der Waals surface area contributed by atoms with Crippen LogP contribution in [0, 0.1) is 0 Å². The summed E-state index contributed by atoms with van der Waals surface area (Å²) in [5.74, 6) is 0.156. The molecule has 0 radical (unpaired) electrons. The van der Waals surface area contributed by atoms with Gasteiger partial charge in [0.1, 0.15) is 5.75 Å². The Kier molecular flexibility index (Phi) is 6.38. The van der Waals surface area contributed by atoms with E-state index in [1.807, 2.05) is 24.3 Å². The smallest absolute Gasteiger partial charge is 0.338 e. The minimum absolute atomic E-state index is 0.222. The monoisotopic (exact) mass is 513 g/mol. The van der Waals surface area contributed by atoms with Crippen molar-refractivity contribution < 1.29 is 14.3 Å². The maximum absolute atomic E-state index is 13.5. The number of hydrogen-bond donors (Lipinski definition) is 0. The normalized spacial score (nSPS) is 15.9. The molecule has 1 aliphatic heterocycles. The number of benzene rings is 1. The van der Waals surface area contributed by atoms with Crippen LogP contribution in [0.4, 0.5) is 0 Å². The fourth-order valence-electron chi connectivity index (χ4n) is 3.57. The SMILES string of the molecule is CCOC(=O)C1=C(C)N=c2sc(=Cc3cccnc3)c(=O)n2[C@@H]1c1ccc(OC)c(Br)c1. The Hall–Kier alpha value is -3.04. The summed E-state index contributed by atoms with van der Waals surface area (Å²) in [6, 6.07) is 8.48. The number of pyridine rings is 1. The molecule has 0 N–H and O–H groups in total. The lowest BCUT2D eigenvalue weighted by atomic mass is 9.96. The van der Waals surface area contributed by atoms with Gasteiger partial charge < -0.3 is 9.47 Å². The molecular weight excluding hydrogens is 494 g/mol. The van der Waals surface area contributed by atoms with E-state index in [1.54, 1.807) is 50.1 Å². The van der Waals surface area contributed by atoms with Crippen LogP contribution < -0.4 is 19.6 Å². The van der Waals surface area contributed by atoms with Gasteiger partial charge >= 0.3 is 5.97 Å². The fraction of sp³-hybridized carbons (Fsp3) is 0.217. The number of carbonyl (C=O) groups excluding carboxylic acids is 1. The molecule has 32 heavy (non-hydrogen) atoms. The van der Waals surface area contributed by atoms with Crippen molar-refractivity contribution in [2.75, 3.05) is 13.7 Å². The zero-order valence-corrected chi connectivity index (χ0v) is 20.1. The number of ether oxygens (including phenoxy) is 2. The standard InChI is InChI=1S/C23H20BrN3O4S/c1-4-31-22(29)19-13(2)26-23-27(20(19)15-7-8-17(30-3)16(24)11-15)21(28)18(32-23)10-14-6-5-9-25-12-14/h5-12,20H,4H2,1-3H3/t20-/m1/s1. The number of fused-ring (bicyclic) bond motifs is 1. The number of thiazole rings is 1. The summed E-state index contributed by atoms with van der Waals surface area (Å²) in [5, 5.41) is 0. The topological polar surface area (TPSA) is 82.8 Å². The summed E-state index contributed by atoms with van der Waals surface area (Å²) >= 11 is 4.78. The van der Waals surface area contributed by atoms with Gasteiger partial charge in [-0.15, -0.1) is 0 Å². The minimum Gasteiger partial charge on any atom is -0.496 e. The lowest BCUT2D eigenvalue weighted by Crippen LogP contribution is -2.39. The van der Waals surface area contributed by atoms with Crippen molar-refractivity contribution in [1.82, 2.24) is 9.55 Å². The third-order valence-electron chi connectivity index (χ3n) is 4.99. The second-order valence-corrected chi connectivity index (χ2v) is 8.85. The molecule has 0 spiro atoms. The van der Waals surface area contributed by atoms with Crippen LogP contribution in [0.5, 0.6) is 5.75 Å². The number of carbonyl (C=O) groups is 1. The zero-order valence-electron chi connectivity index (χ0n) is 17.7. The first-order valence-corrected chi connectivity index (χ1v) is 11.5. The van der Waals surface area contributed by atoms with Gasteiger partial charge in [0.15, 0.2) is 4.80 Å². The van der Waals surface area contributed by atoms with Crippen LogP contribution in [0.1, 0.15) is 31.0 Å². The summed E-state index contributed by atoms with van der Waals surface area (Å²) in [4.78, 5) is 35.6. The van der Waals surface area contributed by atoms with Gasteiger partial charge in [-0.2, -0.15) is 0 Å². The first-order chi connectivity index (χ1) is 15.4. The molecule has 0 fully saturated rings. The molecule has 1 atom stereocenters. The van der Waals surface area contributed by atoms with Gasteiger partial charge in [-0.3, -0.25) is 14.3 Å². The van der Waals surface area contributed by atoms with Gasteiger partial charge in [0, 0.05) is 12.4 Å². The highest BCUT2D eigenvalue weighted by Crippen LogP contribution is 2.34. The van der Waals surface area contributed by atoms with Crippen molar-refractivity contribution >= 4 is 39.3 Å². The Balaban J connectivity index is 1.97. The van der Waals surface area contributed by atoms with Gasteiger partial charge in [0.05, 0.1) is 40.0 Å². The van der Waals surface area contributed by atoms with Crippen LogP contribution in [-0.2, 0) is 9.53 Å². The minimum atomic E-state index is -0.677. The van der Waals surface area contributed by atoms with Crippen molar-refractivity contribution in [3.05, 3.63) is 89.3 Å². The van der Waals surface area contributed by atoms with E-state index in [4.69, 9.17) is 9.47 Å². The molecule has 1 aromatic carbocycles. The third kappa shape index (κ3) is 4.05. The molecule has 2 aromatic heterocycles. The predicted octanol–water partition coefficient (Wildman–Crippen LogP) is 2.96. The Labute approximate surface area is 196 Å². The molecule has 0 saturated heterocycles. The Morgan fingerprint density at radius 2 is 2.16 bits per heavy atom. The molecule has 7 nitrogen and oxygen atoms in total. The Morgan fingerprint density at radius 3 is 2.81 bits per heavy atom. The number of nitrogens with zero attached hydrogens (tertiary/aromatic N) is 3. The lowest BCUT2D eigenvalue weighted by molar-refractivity contribution is -0.139. The van der Waals surface area contributed by atoms with Crippen LogP contribution in [-0.4, -0.2) is 29.2 Å². The molecule has 3 heterocycles. The molecule has 4 rings (SSSR count). The van der Waals surface area contributed by atoms with Gasteiger partial charge in [-0.1, -0.05) is 23.5 Å². The van der Waals surface area contributed by atoms with Crippen LogP contribution >= 0.6 is 27.3 Å². The van der Waals surface area contributed by atoms with E-state index in [2.05, 4.69) is 25.9 Å². The van der Waals surface area contributed by atoms with Crippen molar-refractivity contribution in [2.45, 2.75) is 19.9 Å². The second kappa shape index (κ2) is 9.22. The van der Waals surface area contributed by atoms with Crippen molar-refractivity contribution in [3.8, 4) is 5.75 Å². The summed E-state index contributed by atoms with van der Waals surface area (Å²) in [6.07, 6.45) is 5.14. The average molecular weight is 514 g/mol. The fourth-order valence-corrected chi connectivity index (χ4v) is 5.18. The van der Waals surface area contributed by atoms with Crippen LogP contribution in [0.2, 0.25) is 0 Å². The molecule has 1 aliphatic rings. The van der Waals surface area contributed by atoms with Gasteiger partial charge in [0.2, 0.25) is 0 Å². The molecular formula is C23H20BrN3O4S. The number of esters is 1. The summed E-state index contributed by atoms with van der Waals surface area (Å²) in [7, 11) is 1.58. The van der Waals surface area contributed by atoms with E-state index in [1.165, 1.54) is 11.3 Å². The number of methoxy groups -OCH3 is 1. The van der Waals surface area contributed by atoms with E-state index >= 15 is 0 Å². The zero-order chi connectivity index (χ0) is 22.8. The van der Waals surface area contributed by atoms with Crippen molar-refractivity contribution in [1.29, 1.82) is 0 Å². The van der Waals surface area contributed by atoms with Gasteiger partial charge in [-0.25, -0.2) is 9.79 Å². The maximum Gasteiger partial charge on any atom is 0.338 e. The van der Waals surface area contributed by atoms with Gasteiger partial charge in [-0.05, 0) is 65.2 Å². The molecule has 0 unspecified atom stereocenters. The molecule has 0 amide bonds. The van der Waals surface area contributed by atoms with Crippen LogP contribution in [0.15, 0.2) is 68.3 Å². The second-order valence-electron chi connectivity index (χ2n) is 6.98. The molecule has 3 aromatic rings. The Morgan fingerprint density at radius 1 is 1.34 bits per heavy atom. The van der Waals surface area contributed by atoms with E-state index in [0.717, 1.165) is 11.1 Å². The number of hydrogen-bond acceptors (Lipinski definition) is 7. The number of halogens is 1. The Bertz CT molecular complexity index is 1390. The number of rotatable bonds is 5. The van der Waals surface area contributed by atoms with Crippen LogP contribution in [0.25, 0.3) is 6.08 Å². The first-order valence-electron chi connectivity index (χ1n) is 9.87. The van der Waals surface area contributed by atoms with E-state index in [0.29, 0.717) is 30.8 Å². The molecule has 0 saturated carbocycles. The summed E-state index contributed by atoms with van der Waals surface area (Å²) < 4.78 is 13.4. The van der Waals surface area contributed by atoms with E-state index in [-0.39, 0.29) is 12.2 Å². The first kappa shape index (κ1) is 22.2. The maximum atomic E-state index is 13.5. The highest BCUT2D eigenvalue weighted by atomic mass is 79.9. The summed E-state index contributed by atoms with van der Waals surface area (Å²) in [6.45, 7) is 3.73. The van der Waals surface area contributed by atoms with E-state index < -0.39 is 12.0 Å². The highest BCUT2D eigenvalue weighted by molar-refractivity contribution is 9.10. The molecule has 0 aliphatic carbocycles. The highest BCUT2D eigenvalue weighted by Gasteiger charge is 2.33. The van der Waals surface area contributed by atoms with Crippen LogP contribution in [0.3, 0.4) is 0 Å². The van der Waals surface area contributed by atoms with Gasteiger partial charge in [0.25, 0.3) is 5.56 Å². The third-order valence-corrected chi connectivity index (χ3v) is 6.59. The molecule has 164 valence electrons. The quantitative estimate of drug-likeness (QED) is 0.489. The molecule has 0 bridgehead atoms. The lowest BCUT2D eigenvalue weighted by Gasteiger charge is -2.25. The van der Waals surface area contributed by atoms with Crippen molar-refractivity contribution in [3.63, 3.8) is 0 Å². The number of allylic oxidation sites excluding steroid dienone is 1. The summed E-state index contributed by atoms with van der Waals surface area (Å²) in [5.41, 5.74) is 2.18. The van der Waals surface area contributed by atoms with Crippen molar-refractivity contribution in [2.24, 2.45) is 4.99 Å².